The summed E-state index contributed by atoms with van der Waals surface area (Å²) in [6.07, 6.45) is 2.52. The van der Waals surface area contributed by atoms with Gasteiger partial charge in [0.15, 0.2) is 0 Å². The molecule has 2 rings (SSSR count). The molecule has 88 valence electrons. The lowest BCUT2D eigenvalue weighted by molar-refractivity contribution is 0.599. The Morgan fingerprint density at radius 3 is 2.69 bits per heavy atom. The molecule has 16 heavy (non-hydrogen) atoms. The van der Waals surface area contributed by atoms with E-state index in [1.54, 1.807) is 0 Å². The first-order chi connectivity index (χ1) is 7.92. The van der Waals surface area contributed by atoms with Gasteiger partial charge in [0.25, 0.3) is 0 Å². The van der Waals surface area contributed by atoms with Crippen LogP contribution in [0.5, 0.6) is 0 Å². The molecule has 0 heterocycles. The third-order valence-corrected chi connectivity index (χ3v) is 3.15. The van der Waals surface area contributed by atoms with Gasteiger partial charge in [-0.3, -0.25) is 0 Å². The molecule has 2 N–H and O–H groups in total. The van der Waals surface area contributed by atoms with Crippen molar-refractivity contribution in [2.24, 2.45) is 0 Å². The first-order valence-electron chi connectivity index (χ1n) is 6.41. The van der Waals surface area contributed by atoms with Crippen molar-refractivity contribution in [3.63, 3.8) is 0 Å². The average Bonchev–Trinajstić information content (AvgIpc) is 3.10. The van der Waals surface area contributed by atoms with E-state index in [0.29, 0.717) is 6.04 Å². The van der Waals surface area contributed by atoms with E-state index in [9.17, 15) is 0 Å². The summed E-state index contributed by atoms with van der Waals surface area (Å²) in [5, 5.41) is 7.01. The number of hydrogen-bond donors (Lipinski definition) is 2. The molecular weight excluding hydrogens is 196 g/mol. The van der Waals surface area contributed by atoms with E-state index in [1.165, 1.54) is 18.4 Å². The molecule has 0 amide bonds. The van der Waals surface area contributed by atoms with Crippen LogP contribution in [0.15, 0.2) is 30.3 Å². The van der Waals surface area contributed by atoms with Crippen molar-refractivity contribution in [2.45, 2.75) is 31.7 Å². The predicted octanol–water partition coefficient (Wildman–Crippen LogP) is 2.13. The molecule has 1 aromatic carbocycles. The van der Waals surface area contributed by atoms with Crippen molar-refractivity contribution in [3.8, 4) is 0 Å². The Labute approximate surface area is 98.4 Å². The van der Waals surface area contributed by atoms with Gasteiger partial charge in [-0.1, -0.05) is 37.3 Å². The highest BCUT2D eigenvalue weighted by Gasteiger charge is 2.37. The highest BCUT2D eigenvalue weighted by Crippen LogP contribution is 2.40. The maximum atomic E-state index is 3.60. The van der Waals surface area contributed by atoms with E-state index >= 15 is 0 Å². The topological polar surface area (TPSA) is 24.1 Å². The molecule has 1 aromatic rings. The molecule has 2 atom stereocenters. The molecule has 0 saturated heterocycles. The summed E-state index contributed by atoms with van der Waals surface area (Å²) in [5.41, 5.74) is 1.49. The number of nitrogens with one attached hydrogen (secondary N) is 2. The van der Waals surface area contributed by atoms with Gasteiger partial charge in [-0.15, -0.1) is 0 Å². The Morgan fingerprint density at radius 2 is 1.94 bits per heavy atom. The molecule has 0 aliphatic heterocycles. The van der Waals surface area contributed by atoms with E-state index in [4.69, 9.17) is 0 Å². The summed E-state index contributed by atoms with van der Waals surface area (Å²) in [4.78, 5) is 0. The summed E-state index contributed by atoms with van der Waals surface area (Å²) in [5.74, 6) is 0.757. The molecule has 1 fully saturated rings. The monoisotopic (exact) mass is 218 g/mol. The standard InChI is InChI=1S/C14H22N2/c1-2-8-15-9-10-16-14-11-13(14)12-6-4-3-5-7-12/h3-7,13-16H,2,8-11H2,1H3. The van der Waals surface area contributed by atoms with Crippen LogP contribution in [0.25, 0.3) is 0 Å². The SMILES string of the molecule is CCCNCCNC1CC1c1ccccc1. The van der Waals surface area contributed by atoms with Gasteiger partial charge >= 0.3 is 0 Å². The van der Waals surface area contributed by atoms with Crippen molar-refractivity contribution in [3.05, 3.63) is 35.9 Å². The van der Waals surface area contributed by atoms with Gasteiger partial charge in [-0.05, 0) is 24.9 Å². The van der Waals surface area contributed by atoms with Crippen LogP contribution in [0.3, 0.4) is 0 Å². The second kappa shape index (κ2) is 6.02. The lowest BCUT2D eigenvalue weighted by atomic mass is 10.1. The molecular formula is C14H22N2. The minimum absolute atomic E-state index is 0.714. The Hall–Kier alpha value is -0.860. The Balaban J connectivity index is 1.61. The fourth-order valence-electron chi connectivity index (χ4n) is 2.14. The highest BCUT2D eigenvalue weighted by atomic mass is 15.0. The number of rotatable bonds is 7. The van der Waals surface area contributed by atoms with Gasteiger partial charge in [0.05, 0.1) is 0 Å². The van der Waals surface area contributed by atoms with Gasteiger partial charge in [-0.2, -0.15) is 0 Å². The molecule has 1 aliphatic rings. The lowest BCUT2D eigenvalue weighted by Gasteiger charge is -2.05. The van der Waals surface area contributed by atoms with Crippen LogP contribution in [-0.2, 0) is 0 Å². The lowest BCUT2D eigenvalue weighted by Crippen LogP contribution is -2.29. The Kier molecular flexibility index (Phi) is 4.37. The fourth-order valence-corrected chi connectivity index (χ4v) is 2.14. The first-order valence-corrected chi connectivity index (χ1v) is 6.41. The minimum atomic E-state index is 0.714. The third-order valence-electron chi connectivity index (χ3n) is 3.15. The van der Waals surface area contributed by atoms with E-state index in [2.05, 4.69) is 47.9 Å². The van der Waals surface area contributed by atoms with Crippen LogP contribution in [0, 0.1) is 0 Å². The zero-order chi connectivity index (χ0) is 11.2. The fraction of sp³-hybridized carbons (Fsp3) is 0.571. The van der Waals surface area contributed by atoms with Crippen LogP contribution < -0.4 is 10.6 Å². The summed E-state index contributed by atoms with van der Waals surface area (Å²) in [7, 11) is 0. The summed E-state index contributed by atoms with van der Waals surface area (Å²) >= 11 is 0. The summed E-state index contributed by atoms with van der Waals surface area (Å²) in [6, 6.07) is 11.5. The molecule has 0 spiro atoms. The Morgan fingerprint density at radius 1 is 1.12 bits per heavy atom. The van der Waals surface area contributed by atoms with Crippen LogP contribution in [0.4, 0.5) is 0 Å². The predicted molar refractivity (Wildman–Crippen MR) is 68.8 cm³/mol. The van der Waals surface area contributed by atoms with Gasteiger partial charge in [0.1, 0.15) is 0 Å². The molecule has 0 aromatic heterocycles. The van der Waals surface area contributed by atoms with E-state index in [-0.39, 0.29) is 0 Å². The molecule has 1 saturated carbocycles. The van der Waals surface area contributed by atoms with Crippen molar-refractivity contribution in [2.75, 3.05) is 19.6 Å². The van der Waals surface area contributed by atoms with E-state index < -0.39 is 0 Å². The Bertz CT molecular complexity index is 297. The minimum Gasteiger partial charge on any atom is -0.315 e. The largest absolute Gasteiger partial charge is 0.315 e. The zero-order valence-corrected chi connectivity index (χ0v) is 10.1. The molecule has 0 bridgehead atoms. The second-order valence-electron chi connectivity index (χ2n) is 4.56. The maximum Gasteiger partial charge on any atom is 0.0143 e. The van der Waals surface area contributed by atoms with E-state index in [0.717, 1.165) is 25.6 Å². The summed E-state index contributed by atoms with van der Waals surface area (Å²) in [6.45, 7) is 5.51. The van der Waals surface area contributed by atoms with Crippen molar-refractivity contribution >= 4 is 0 Å². The van der Waals surface area contributed by atoms with Crippen LogP contribution in [0.2, 0.25) is 0 Å². The maximum absolute atomic E-state index is 3.60. The van der Waals surface area contributed by atoms with Crippen molar-refractivity contribution in [1.82, 2.24) is 10.6 Å². The van der Waals surface area contributed by atoms with E-state index in [1.807, 2.05) is 0 Å². The van der Waals surface area contributed by atoms with Gasteiger partial charge < -0.3 is 10.6 Å². The van der Waals surface area contributed by atoms with Gasteiger partial charge in [0, 0.05) is 25.0 Å². The molecule has 2 unspecified atom stereocenters. The normalized spacial score (nSPS) is 23.3. The van der Waals surface area contributed by atoms with Gasteiger partial charge in [-0.25, -0.2) is 0 Å². The zero-order valence-electron chi connectivity index (χ0n) is 10.1. The number of benzene rings is 1. The second-order valence-corrected chi connectivity index (χ2v) is 4.56. The summed E-state index contributed by atoms with van der Waals surface area (Å²) < 4.78 is 0. The average molecular weight is 218 g/mol. The van der Waals surface area contributed by atoms with Crippen molar-refractivity contribution < 1.29 is 0 Å². The molecule has 2 heteroatoms. The molecule has 0 radical (unpaired) electrons. The number of hydrogen-bond acceptors (Lipinski definition) is 2. The molecule has 1 aliphatic carbocycles. The van der Waals surface area contributed by atoms with Gasteiger partial charge in [0.2, 0.25) is 0 Å². The first kappa shape index (κ1) is 11.6. The third kappa shape index (κ3) is 3.32. The van der Waals surface area contributed by atoms with Crippen molar-refractivity contribution in [1.29, 1.82) is 0 Å². The highest BCUT2D eigenvalue weighted by molar-refractivity contribution is 5.27. The van der Waals surface area contributed by atoms with Crippen LogP contribution in [0.1, 0.15) is 31.2 Å². The van der Waals surface area contributed by atoms with Crippen LogP contribution >= 0.6 is 0 Å². The molecule has 2 nitrogen and oxygen atoms in total. The quantitative estimate of drug-likeness (QED) is 0.685. The van der Waals surface area contributed by atoms with Crippen LogP contribution in [-0.4, -0.2) is 25.7 Å². The smallest absolute Gasteiger partial charge is 0.0143 e.